The molecule has 2 fully saturated rings. The average molecular weight is 405 g/mol. The van der Waals surface area contributed by atoms with E-state index in [1.165, 1.54) is 17.7 Å². The van der Waals surface area contributed by atoms with Gasteiger partial charge in [0.05, 0.1) is 24.8 Å². The minimum Gasteiger partial charge on any atom is -0.314 e. The molecule has 5 unspecified atom stereocenters. The summed E-state index contributed by atoms with van der Waals surface area (Å²) >= 11 is 9.84. The number of nitrogens with zero attached hydrogens (tertiary/aromatic N) is 2. The molecule has 0 aromatic carbocycles. The third kappa shape index (κ3) is 4.15. The maximum atomic E-state index is 12.6. The third-order valence-corrected chi connectivity index (χ3v) is 6.83. The number of piperidine rings is 1. The van der Waals surface area contributed by atoms with Crippen LogP contribution in [0.15, 0.2) is 4.99 Å². The second-order valence-electron chi connectivity index (χ2n) is 6.80. The van der Waals surface area contributed by atoms with Gasteiger partial charge in [0.15, 0.2) is 5.78 Å². The molecule has 1 amide bonds. The van der Waals surface area contributed by atoms with Crippen molar-refractivity contribution in [3.63, 3.8) is 0 Å². The first-order chi connectivity index (χ1) is 11.0. The number of amides is 1. The van der Waals surface area contributed by atoms with Crippen LogP contribution >= 0.6 is 27.5 Å². The topological polar surface area (TPSA) is 61.8 Å². The Bertz CT molecular complexity index is 496. The van der Waals surface area contributed by atoms with Crippen molar-refractivity contribution in [3.05, 3.63) is 0 Å². The van der Waals surface area contributed by atoms with E-state index in [1.54, 1.807) is 6.34 Å². The van der Waals surface area contributed by atoms with Crippen molar-refractivity contribution in [1.82, 2.24) is 10.2 Å². The number of Topliss-reactive ketones (excluding diaryl/α,β-unsaturated/α-hetero) is 1. The summed E-state index contributed by atoms with van der Waals surface area (Å²) in [5.41, 5.74) is 0. The lowest BCUT2D eigenvalue weighted by Crippen LogP contribution is -2.51. The lowest BCUT2D eigenvalue weighted by atomic mass is 9.82. The van der Waals surface area contributed by atoms with Gasteiger partial charge < -0.3 is 5.32 Å². The Morgan fingerprint density at radius 1 is 1.43 bits per heavy atom. The van der Waals surface area contributed by atoms with Crippen molar-refractivity contribution < 1.29 is 9.59 Å². The Kier molecular flexibility index (Phi) is 5.75. The summed E-state index contributed by atoms with van der Waals surface area (Å²) in [5.74, 6) is -0.0869. The summed E-state index contributed by atoms with van der Waals surface area (Å²) in [7, 11) is 0. The van der Waals surface area contributed by atoms with Crippen LogP contribution in [0.1, 0.15) is 38.5 Å². The largest absolute Gasteiger partial charge is 0.314 e. The van der Waals surface area contributed by atoms with Gasteiger partial charge in [0.1, 0.15) is 0 Å². The lowest BCUT2D eigenvalue weighted by molar-refractivity contribution is -0.136. The first-order valence-electron chi connectivity index (χ1n) is 8.41. The zero-order chi connectivity index (χ0) is 16.4. The molecular weight excluding hydrogens is 382 g/mol. The molecule has 1 saturated heterocycles. The number of hydrogen-bond acceptors (Lipinski definition) is 4. The van der Waals surface area contributed by atoms with Crippen LogP contribution in [0.25, 0.3) is 0 Å². The zero-order valence-electron chi connectivity index (χ0n) is 13.1. The van der Waals surface area contributed by atoms with Crippen molar-refractivity contribution in [2.45, 2.75) is 60.8 Å². The highest BCUT2D eigenvalue weighted by Gasteiger charge is 2.42. The Morgan fingerprint density at radius 3 is 3.00 bits per heavy atom. The smallest absolute Gasteiger partial charge is 0.233 e. The van der Waals surface area contributed by atoms with Gasteiger partial charge in [-0.05, 0) is 32.2 Å². The van der Waals surface area contributed by atoms with E-state index in [-0.39, 0.29) is 46.4 Å². The Labute approximate surface area is 150 Å². The van der Waals surface area contributed by atoms with Crippen LogP contribution in [-0.4, -0.2) is 58.3 Å². The quantitative estimate of drug-likeness (QED) is 0.730. The van der Waals surface area contributed by atoms with Crippen LogP contribution in [0.5, 0.6) is 0 Å². The summed E-state index contributed by atoms with van der Waals surface area (Å²) in [5, 5.41) is 3.32. The molecule has 1 aliphatic carbocycles. The molecule has 1 N–H and O–H groups in total. The number of aliphatic imine (C=N–C) groups is 1. The van der Waals surface area contributed by atoms with Crippen LogP contribution in [0.3, 0.4) is 0 Å². The van der Waals surface area contributed by atoms with Gasteiger partial charge in [-0.3, -0.25) is 19.5 Å². The number of nitrogens with one attached hydrogen (secondary N) is 1. The van der Waals surface area contributed by atoms with Gasteiger partial charge in [0, 0.05) is 22.7 Å². The van der Waals surface area contributed by atoms with E-state index in [4.69, 9.17) is 11.6 Å². The fourth-order valence-electron chi connectivity index (χ4n) is 3.70. The lowest BCUT2D eigenvalue weighted by Gasteiger charge is -2.38. The van der Waals surface area contributed by atoms with Crippen molar-refractivity contribution >= 4 is 45.6 Å². The normalized spacial score (nSPS) is 37.6. The minimum atomic E-state index is -0.183. The molecule has 0 radical (unpaired) electrons. The maximum Gasteiger partial charge on any atom is 0.233 e. The fourth-order valence-corrected chi connectivity index (χ4v) is 4.60. The number of rotatable bonds is 4. The Hall–Kier alpha value is -0.460. The molecule has 3 aliphatic rings. The van der Waals surface area contributed by atoms with Crippen molar-refractivity contribution in [3.8, 4) is 0 Å². The number of carbonyl (C=O) groups is 2. The van der Waals surface area contributed by atoms with Crippen LogP contribution in [0.2, 0.25) is 0 Å². The van der Waals surface area contributed by atoms with E-state index in [9.17, 15) is 9.59 Å². The molecule has 0 bridgehead atoms. The van der Waals surface area contributed by atoms with Crippen LogP contribution in [0.4, 0.5) is 0 Å². The molecule has 5 nitrogen and oxygen atoms in total. The van der Waals surface area contributed by atoms with Crippen molar-refractivity contribution in [1.29, 1.82) is 0 Å². The monoisotopic (exact) mass is 403 g/mol. The minimum absolute atomic E-state index is 0.00000310. The van der Waals surface area contributed by atoms with E-state index in [1.807, 2.05) is 0 Å². The first kappa shape index (κ1) is 17.4. The molecule has 1 saturated carbocycles. The van der Waals surface area contributed by atoms with E-state index >= 15 is 0 Å². The summed E-state index contributed by atoms with van der Waals surface area (Å²) in [6.45, 7) is 1.12. The van der Waals surface area contributed by atoms with Gasteiger partial charge in [-0.2, -0.15) is 0 Å². The van der Waals surface area contributed by atoms with Crippen molar-refractivity contribution in [2.75, 3.05) is 13.1 Å². The molecule has 23 heavy (non-hydrogen) atoms. The summed E-state index contributed by atoms with van der Waals surface area (Å²) in [4.78, 5) is 31.1. The summed E-state index contributed by atoms with van der Waals surface area (Å²) in [6, 6.07) is 0.255. The third-order valence-electron chi connectivity index (χ3n) is 5.03. The van der Waals surface area contributed by atoms with Gasteiger partial charge in [-0.15, -0.1) is 11.6 Å². The number of hydrogen-bond donors (Lipinski definition) is 1. The molecule has 0 spiro atoms. The van der Waals surface area contributed by atoms with E-state index in [0.717, 1.165) is 19.4 Å². The number of halogens is 2. The molecule has 5 atom stereocenters. The van der Waals surface area contributed by atoms with Crippen LogP contribution < -0.4 is 5.32 Å². The zero-order valence-corrected chi connectivity index (χ0v) is 15.4. The Morgan fingerprint density at radius 2 is 2.26 bits per heavy atom. The average Bonchev–Trinajstić information content (AvgIpc) is 2.53. The number of fused-ring (bicyclic) bond motifs is 1. The second kappa shape index (κ2) is 7.62. The molecule has 3 rings (SSSR count). The predicted molar refractivity (Wildman–Crippen MR) is 94.3 cm³/mol. The molecule has 7 heteroatoms. The first-order valence-corrected chi connectivity index (χ1v) is 9.77. The number of ketones is 1. The second-order valence-corrected chi connectivity index (χ2v) is 8.53. The van der Waals surface area contributed by atoms with Crippen LogP contribution in [-0.2, 0) is 9.59 Å². The fraction of sp³-hybridized carbons (Fsp3) is 0.812. The van der Waals surface area contributed by atoms with E-state index < -0.39 is 0 Å². The molecular formula is C16H23BrClN3O2. The Balaban J connectivity index is 1.57. The number of alkyl halides is 2. The van der Waals surface area contributed by atoms with Gasteiger partial charge in [0.25, 0.3) is 0 Å². The van der Waals surface area contributed by atoms with Crippen molar-refractivity contribution in [2.24, 2.45) is 10.9 Å². The highest BCUT2D eigenvalue weighted by Crippen LogP contribution is 2.36. The summed E-state index contributed by atoms with van der Waals surface area (Å²) in [6.07, 6.45) is 6.83. The molecule has 2 heterocycles. The van der Waals surface area contributed by atoms with E-state index in [2.05, 4.69) is 26.2 Å². The predicted octanol–water partition coefficient (Wildman–Crippen LogP) is 2.11. The molecule has 2 aliphatic heterocycles. The number of carbonyl (C=O) groups excluding carboxylic acids is 2. The molecule has 0 aromatic heterocycles. The summed E-state index contributed by atoms with van der Waals surface area (Å²) < 4.78 is 0. The van der Waals surface area contributed by atoms with Crippen LogP contribution in [0, 0.1) is 5.92 Å². The van der Waals surface area contributed by atoms with Gasteiger partial charge in [-0.1, -0.05) is 22.4 Å². The SMILES string of the molecule is O=C(CC1CCCCN1)CN1C=NC2CC(Br)C(Cl)CC2C1=O. The van der Waals surface area contributed by atoms with E-state index in [0.29, 0.717) is 12.8 Å². The maximum absolute atomic E-state index is 12.6. The molecule has 128 valence electrons. The standard InChI is InChI=1S/C16H23BrClN3O2/c17-13-7-15-12(6-14(13)18)16(23)21(9-20-15)8-11(22)5-10-3-1-2-4-19-10/h9-10,12-15,19H,1-8H2. The van der Waals surface area contributed by atoms with Gasteiger partial charge >= 0.3 is 0 Å². The van der Waals surface area contributed by atoms with Gasteiger partial charge in [0.2, 0.25) is 5.91 Å². The highest BCUT2D eigenvalue weighted by atomic mass is 79.9. The highest BCUT2D eigenvalue weighted by molar-refractivity contribution is 9.09. The van der Waals surface area contributed by atoms with Gasteiger partial charge in [-0.25, -0.2) is 0 Å². The molecule has 0 aromatic rings.